The van der Waals surface area contributed by atoms with Crippen molar-refractivity contribution in [1.29, 1.82) is 0 Å². The molecule has 0 aromatic carbocycles. The molecule has 0 saturated carbocycles. The van der Waals surface area contributed by atoms with Crippen LogP contribution in [-0.2, 0) is 20.6 Å². The van der Waals surface area contributed by atoms with Crippen molar-refractivity contribution in [2.24, 2.45) is 0 Å². The van der Waals surface area contributed by atoms with Crippen molar-refractivity contribution in [2.75, 3.05) is 13.2 Å². The van der Waals surface area contributed by atoms with Gasteiger partial charge in [-0.15, -0.1) is 0 Å². The summed E-state index contributed by atoms with van der Waals surface area (Å²) in [7, 11) is 0. The first-order valence-corrected chi connectivity index (χ1v) is 7.08. The summed E-state index contributed by atoms with van der Waals surface area (Å²) in [6, 6.07) is 3.66. The van der Waals surface area contributed by atoms with E-state index in [-0.39, 0.29) is 12.3 Å². The highest BCUT2D eigenvalue weighted by Gasteiger charge is 2.19. The van der Waals surface area contributed by atoms with Crippen LogP contribution in [0.4, 0.5) is 0 Å². The summed E-state index contributed by atoms with van der Waals surface area (Å²) in [5, 5.41) is 0. The fraction of sp³-hybridized carbons (Fsp3) is 0.667. The number of rotatable bonds is 4. The number of hydrogen-bond donors (Lipinski definition) is 1. The second kappa shape index (κ2) is 6.41. The van der Waals surface area contributed by atoms with Gasteiger partial charge in [0, 0.05) is 12.1 Å². The lowest BCUT2D eigenvalue weighted by molar-refractivity contribution is -0.180. The predicted molar refractivity (Wildman–Crippen MR) is 74.6 cm³/mol. The smallest absolute Gasteiger partial charge is 0.355 e. The van der Waals surface area contributed by atoms with Crippen LogP contribution in [0.2, 0.25) is 0 Å². The van der Waals surface area contributed by atoms with E-state index < -0.39 is 5.60 Å². The molecular weight excluding hydrogens is 258 g/mol. The maximum atomic E-state index is 11.9. The van der Waals surface area contributed by atoms with Gasteiger partial charge in [-0.2, -0.15) is 0 Å². The van der Waals surface area contributed by atoms with Crippen LogP contribution in [0.25, 0.3) is 0 Å². The van der Waals surface area contributed by atoms with Gasteiger partial charge in [-0.05, 0) is 45.7 Å². The predicted octanol–water partition coefficient (Wildman–Crippen LogP) is 2.67. The second-order valence-electron chi connectivity index (χ2n) is 5.96. The number of H-pyrrole nitrogens is 1. The molecule has 20 heavy (non-hydrogen) atoms. The lowest BCUT2D eigenvalue weighted by atomic mass is 10.2. The number of hydrogen-bond acceptors (Lipinski definition) is 4. The molecule has 1 aliphatic heterocycles. The maximum absolute atomic E-state index is 11.9. The molecule has 5 nitrogen and oxygen atoms in total. The van der Waals surface area contributed by atoms with E-state index in [0.717, 1.165) is 38.2 Å². The van der Waals surface area contributed by atoms with Gasteiger partial charge in [0.15, 0.2) is 6.29 Å². The van der Waals surface area contributed by atoms with Crippen LogP contribution in [0.3, 0.4) is 0 Å². The van der Waals surface area contributed by atoms with Gasteiger partial charge in [0.25, 0.3) is 0 Å². The number of carbonyl (C=O) groups is 1. The molecule has 1 aromatic heterocycles. The van der Waals surface area contributed by atoms with Gasteiger partial charge in [0.1, 0.15) is 11.3 Å². The van der Waals surface area contributed by atoms with E-state index in [1.807, 2.05) is 26.8 Å². The van der Waals surface area contributed by atoms with Crippen LogP contribution < -0.4 is 0 Å². The molecule has 0 unspecified atom stereocenters. The van der Waals surface area contributed by atoms with E-state index in [0.29, 0.717) is 5.69 Å². The molecule has 0 spiro atoms. The molecule has 1 N–H and O–H groups in total. The van der Waals surface area contributed by atoms with Crippen molar-refractivity contribution in [3.63, 3.8) is 0 Å². The molecule has 1 aromatic rings. The number of nitrogens with one attached hydrogen (secondary N) is 1. The van der Waals surface area contributed by atoms with Crippen LogP contribution in [0, 0.1) is 0 Å². The van der Waals surface area contributed by atoms with Gasteiger partial charge in [0.2, 0.25) is 0 Å². The van der Waals surface area contributed by atoms with E-state index in [9.17, 15) is 4.79 Å². The average Bonchev–Trinajstić information content (AvgIpc) is 2.84. The molecule has 1 saturated heterocycles. The molecule has 0 radical (unpaired) electrons. The fourth-order valence-electron chi connectivity index (χ4n) is 2.01. The molecule has 5 heteroatoms. The number of esters is 1. The molecule has 1 aliphatic rings. The molecular formula is C15H23NO4. The third kappa shape index (κ3) is 4.65. The van der Waals surface area contributed by atoms with Crippen molar-refractivity contribution in [3.8, 4) is 0 Å². The normalized spacial score (nSPS) is 17.1. The Kier molecular flexibility index (Phi) is 4.83. The van der Waals surface area contributed by atoms with Crippen molar-refractivity contribution in [1.82, 2.24) is 4.98 Å². The van der Waals surface area contributed by atoms with E-state index in [4.69, 9.17) is 14.2 Å². The number of aromatic nitrogens is 1. The first-order chi connectivity index (χ1) is 9.44. The molecule has 0 bridgehead atoms. The minimum absolute atomic E-state index is 0.128. The van der Waals surface area contributed by atoms with Gasteiger partial charge in [-0.25, -0.2) is 4.79 Å². The number of aromatic amines is 1. The molecule has 2 heterocycles. The fourth-order valence-corrected chi connectivity index (χ4v) is 2.01. The van der Waals surface area contributed by atoms with Gasteiger partial charge < -0.3 is 19.2 Å². The summed E-state index contributed by atoms with van der Waals surface area (Å²) in [5.41, 5.74) is 0.996. The number of aryl methyl sites for hydroxylation is 1. The van der Waals surface area contributed by atoms with E-state index in [2.05, 4.69) is 4.98 Å². The Balaban J connectivity index is 1.83. The lowest BCUT2D eigenvalue weighted by Gasteiger charge is -2.22. The van der Waals surface area contributed by atoms with Crippen LogP contribution in [0.5, 0.6) is 0 Å². The van der Waals surface area contributed by atoms with Crippen molar-refractivity contribution < 1.29 is 19.0 Å². The maximum Gasteiger partial charge on any atom is 0.355 e. The number of carbonyl (C=O) groups excluding carboxylic acids is 1. The van der Waals surface area contributed by atoms with Crippen LogP contribution in [-0.4, -0.2) is 36.1 Å². The van der Waals surface area contributed by atoms with E-state index in [1.165, 1.54) is 0 Å². The highest BCUT2D eigenvalue weighted by Crippen LogP contribution is 2.15. The number of ether oxygens (including phenoxy) is 3. The monoisotopic (exact) mass is 281 g/mol. The first kappa shape index (κ1) is 15.1. The largest absolute Gasteiger partial charge is 0.455 e. The van der Waals surface area contributed by atoms with Crippen LogP contribution in [0.1, 0.15) is 49.8 Å². The zero-order chi connectivity index (χ0) is 14.6. The quantitative estimate of drug-likeness (QED) is 0.862. The Morgan fingerprint density at radius 2 is 2.05 bits per heavy atom. The van der Waals surface area contributed by atoms with Crippen molar-refractivity contribution in [2.45, 2.75) is 51.9 Å². The van der Waals surface area contributed by atoms with Gasteiger partial charge >= 0.3 is 5.97 Å². The third-order valence-electron chi connectivity index (χ3n) is 2.91. The summed E-state index contributed by atoms with van der Waals surface area (Å²) in [4.78, 5) is 15.0. The molecule has 1 fully saturated rings. The summed E-state index contributed by atoms with van der Waals surface area (Å²) in [5.74, 6) is -0.325. The molecule has 0 amide bonds. The minimum Gasteiger partial charge on any atom is -0.455 e. The Labute approximate surface area is 119 Å². The van der Waals surface area contributed by atoms with Gasteiger partial charge in [-0.1, -0.05) is 0 Å². The van der Waals surface area contributed by atoms with Gasteiger partial charge in [0.05, 0.1) is 13.2 Å². The Morgan fingerprint density at radius 1 is 1.35 bits per heavy atom. The van der Waals surface area contributed by atoms with Crippen molar-refractivity contribution in [3.05, 3.63) is 23.5 Å². The first-order valence-electron chi connectivity index (χ1n) is 7.08. The summed E-state index contributed by atoms with van der Waals surface area (Å²) in [6.45, 7) is 7.09. The summed E-state index contributed by atoms with van der Waals surface area (Å²) in [6.07, 6.45) is 2.40. The highest BCUT2D eigenvalue weighted by atomic mass is 16.7. The summed E-state index contributed by atoms with van der Waals surface area (Å²) >= 11 is 0. The molecule has 112 valence electrons. The van der Waals surface area contributed by atoms with E-state index >= 15 is 0 Å². The third-order valence-corrected chi connectivity index (χ3v) is 2.91. The lowest BCUT2D eigenvalue weighted by Crippen LogP contribution is -2.25. The Bertz CT molecular complexity index is 441. The van der Waals surface area contributed by atoms with Gasteiger partial charge in [-0.3, -0.25) is 0 Å². The average molecular weight is 281 g/mol. The Morgan fingerprint density at radius 3 is 2.70 bits per heavy atom. The zero-order valence-electron chi connectivity index (χ0n) is 12.4. The molecule has 0 aliphatic carbocycles. The SMILES string of the molecule is CC(C)(C)OC(=O)c1ccc(CCC2OCCCO2)[nH]1. The minimum atomic E-state index is -0.480. The summed E-state index contributed by atoms with van der Waals surface area (Å²) < 4.78 is 16.3. The van der Waals surface area contributed by atoms with Crippen LogP contribution in [0.15, 0.2) is 12.1 Å². The highest BCUT2D eigenvalue weighted by molar-refractivity contribution is 5.87. The topological polar surface area (TPSA) is 60.6 Å². The Hall–Kier alpha value is -1.33. The standard InChI is InChI=1S/C15H23NO4/c1-15(2,3)20-14(17)12-7-5-11(16-12)6-8-13-18-9-4-10-19-13/h5,7,13,16H,4,6,8-10H2,1-3H3. The van der Waals surface area contributed by atoms with Crippen molar-refractivity contribution >= 4 is 5.97 Å². The van der Waals surface area contributed by atoms with E-state index in [1.54, 1.807) is 6.07 Å². The second-order valence-corrected chi connectivity index (χ2v) is 5.96. The molecule has 0 atom stereocenters. The van der Waals surface area contributed by atoms with Crippen LogP contribution >= 0.6 is 0 Å². The zero-order valence-corrected chi connectivity index (χ0v) is 12.4. The molecule has 2 rings (SSSR count).